The molecule has 0 saturated carbocycles. The molecule has 0 saturated heterocycles. The van der Waals surface area contributed by atoms with Crippen molar-refractivity contribution in [1.82, 2.24) is 4.98 Å². The fraction of sp³-hybridized carbons (Fsp3) is 0.176. The van der Waals surface area contributed by atoms with Crippen molar-refractivity contribution >= 4 is 22.3 Å². The molecule has 0 aliphatic heterocycles. The number of nitrogens with zero attached hydrogens (tertiary/aromatic N) is 2. The average molecular weight is 279 g/mol. The van der Waals surface area contributed by atoms with Crippen LogP contribution in [0.1, 0.15) is 11.5 Å². The Morgan fingerprint density at radius 3 is 2.67 bits per heavy atom. The summed E-state index contributed by atoms with van der Waals surface area (Å²) in [5.41, 5.74) is 5.47. The van der Waals surface area contributed by atoms with Gasteiger partial charge in [-0.3, -0.25) is 0 Å². The summed E-state index contributed by atoms with van der Waals surface area (Å²) >= 11 is 0. The minimum atomic E-state index is 0.563. The van der Waals surface area contributed by atoms with Gasteiger partial charge < -0.3 is 8.83 Å². The molecule has 4 rings (SSSR count). The monoisotopic (exact) mass is 279 g/mol. The third-order valence-electron chi connectivity index (χ3n) is 3.82. The molecular weight excluding hydrogens is 264 g/mol. The van der Waals surface area contributed by atoms with E-state index in [9.17, 15) is 0 Å². The Labute approximate surface area is 121 Å². The highest BCUT2D eigenvalue weighted by molar-refractivity contribution is 6.06. The Morgan fingerprint density at radius 1 is 1.00 bits per heavy atom. The Bertz CT molecular complexity index is 979. The van der Waals surface area contributed by atoms with E-state index < -0.39 is 0 Å². The molecule has 0 radical (unpaired) electrons. The van der Waals surface area contributed by atoms with Crippen LogP contribution in [0.5, 0.6) is 0 Å². The highest BCUT2D eigenvalue weighted by Crippen LogP contribution is 2.36. The number of furan rings is 1. The molecule has 0 amide bonds. The van der Waals surface area contributed by atoms with Crippen LogP contribution in [0.2, 0.25) is 0 Å². The molecule has 0 spiro atoms. The van der Waals surface area contributed by atoms with Gasteiger partial charge in [0.05, 0.1) is 10.9 Å². The van der Waals surface area contributed by atoms with Crippen molar-refractivity contribution in [2.75, 3.05) is 0 Å². The first-order chi connectivity index (χ1) is 10.1. The summed E-state index contributed by atoms with van der Waals surface area (Å²) in [6, 6.07) is 10.3. The first kappa shape index (κ1) is 12.1. The number of oxazole rings is 1. The van der Waals surface area contributed by atoms with Crippen LogP contribution in [0.4, 0.5) is 0 Å². The van der Waals surface area contributed by atoms with Crippen LogP contribution in [0, 0.1) is 13.8 Å². The largest absolute Gasteiger partial charge is 0.437 e. The molecule has 21 heavy (non-hydrogen) atoms. The first-order valence-electron chi connectivity index (χ1n) is 6.89. The van der Waals surface area contributed by atoms with E-state index in [1.807, 2.05) is 38.4 Å². The number of aromatic nitrogens is 2. The highest BCUT2D eigenvalue weighted by atomic mass is 16.4. The fourth-order valence-electron chi connectivity index (χ4n) is 2.81. The zero-order valence-electron chi connectivity index (χ0n) is 12.2. The van der Waals surface area contributed by atoms with Gasteiger partial charge in [-0.2, -0.15) is 4.98 Å². The Hall–Kier alpha value is -2.62. The lowest BCUT2D eigenvalue weighted by atomic mass is 10.0. The Morgan fingerprint density at radius 2 is 1.86 bits per heavy atom. The maximum absolute atomic E-state index is 5.98. The Kier molecular flexibility index (Phi) is 2.42. The Balaban J connectivity index is 2.15. The van der Waals surface area contributed by atoms with E-state index in [1.165, 1.54) is 0 Å². The number of fused-ring (bicyclic) bond motifs is 3. The predicted octanol–water partition coefficient (Wildman–Crippen LogP) is 3.68. The summed E-state index contributed by atoms with van der Waals surface area (Å²) in [5.74, 6) is 0.623. The zero-order valence-corrected chi connectivity index (χ0v) is 12.2. The average Bonchev–Trinajstić information content (AvgIpc) is 2.96. The summed E-state index contributed by atoms with van der Waals surface area (Å²) < 4.78 is 13.7. The lowest BCUT2D eigenvalue weighted by molar-refractivity contribution is -0.660. The van der Waals surface area contributed by atoms with Gasteiger partial charge in [0.25, 0.3) is 5.71 Å². The van der Waals surface area contributed by atoms with Crippen LogP contribution in [-0.2, 0) is 7.05 Å². The van der Waals surface area contributed by atoms with Gasteiger partial charge in [-0.15, -0.1) is 0 Å². The molecule has 0 atom stereocenters. The predicted molar refractivity (Wildman–Crippen MR) is 79.9 cm³/mol. The molecule has 4 aromatic rings. The molecule has 0 N–H and O–H groups in total. The lowest BCUT2D eigenvalue weighted by Crippen LogP contribution is -2.30. The second-order valence-corrected chi connectivity index (χ2v) is 5.30. The topological polar surface area (TPSA) is 43.0 Å². The van der Waals surface area contributed by atoms with Crippen LogP contribution >= 0.6 is 0 Å². The quantitative estimate of drug-likeness (QED) is 0.499. The summed E-state index contributed by atoms with van der Waals surface area (Å²) in [5, 5.41) is 0.968. The van der Waals surface area contributed by atoms with E-state index in [4.69, 9.17) is 8.83 Å². The summed E-state index contributed by atoms with van der Waals surface area (Å²) in [6.07, 6.45) is 2.03. The van der Waals surface area contributed by atoms with Crippen LogP contribution in [0.3, 0.4) is 0 Å². The van der Waals surface area contributed by atoms with E-state index in [1.54, 1.807) is 0 Å². The molecule has 4 nitrogen and oxygen atoms in total. The number of hydrogen-bond donors (Lipinski definition) is 0. The molecule has 0 aliphatic carbocycles. The van der Waals surface area contributed by atoms with Gasteiger partial charge in [0.2, 0.25) is 11.3 Å². The maximum Gasteiger partial charge on any atom is 0.267 e. The summed E-state index contributed by atoms with van der Waals surface area (Å²) in [4.78, 5) is 4.30. The van der Waals surface area contributed by atoms with Gasteiger partial charge in [-0.25, -0.2) is 4.57 Å². The third kappa shape index (κ3) is 1.69. The van der Waals surface area contributed by atoms with Crippen molar-refractivity contribution in [1.29, 1.82) is 0 Å². The number of rotatable bonds is 1. The smallest absolute Gasteiger partial charge is 0.267 e. The summed E-state index contributed by atoms with van der Waals surface area (Å²) in [6.45, 7) is 3.92. The van der Waals surface area contributed by atoms with Gasteiger partial charge in [-0.05, 0) is 24.6 Å². The summed E-state index contributed by atoms with van der Waals surface area (Å²) in [7, 11) is 2.03. The molecule has 0 aliphatic rings. The normalized spacial score (nSPS) is 11.6. The molecular formula is C17H15N2O2+. The van der Waals surface area contributed by atoms with Gasteiger partial charge in [0.15, 0.2) is 17.7 Å². The van der Waals surface area contributed by atoms with Crippen molar-refractivity contribution in [3.8, 4) is 11.3 Å². The van der Waals surface area contributed by atoms with Crippen LogP contribution in [-0.4, -0.2) is 4.98 Å². The van der Waals surface area contributed by atoms with Crippen molar-refractivity contribution in [2.45, 2.75) is 13.8 Å². The van der Waals surface area contributed by atoms with E-state index in [0.717, 1.165) is 33.4 Å². The van der Waals surface area contributed by atoms with Gasteiger partial charge in [0, 0.05) is 19.1 Å². The number of hydrogen-bond acceptors (Lipinski definition) is 3. The molecule has 0 bridgehead atoms. The number of benzene rings is 1. The van der Waals surface area contributed by atoms with E-state index in [0.29, 0.717) is 11.6 Å². The zero-order chi connectivity index (χ0) is 14.6. The molecule has 3 heterocycles. The van der Waals surface area contributed by atoms with Crippen molar-refractivity contribution < 1.29 is 13.4 Å². The van der Waals surface area contributed by atoms with Gasteiger partial charge in [0.1, 0.15) is 7.05 Å². The standard InChI is InChI=1S/C17H15N2O2/c1-10-7-8-12-15(21-17-16(12)20-11(2)18-17)14(10)13-6-4-5-9-19(13)3/h4-9H,1-3H3/q+1. The minimum absolute atomic E-state index is 0.563. The lowest BCUT2D eigenvalue weighted by Gasteiger charge is -2.04. The van der Waals surface area contributed by atoms with Gasteiger partial charge >= 0.3 is 0 Å². The van der Waals surface area contributed by atoms with Crippen molar-refractivity contribution in [2.24, 2.45) is 7.05 Å². The third-order valence-corrected chi connectivity index (χ3v) is 3.82. The molecule has 1 aromatic carbocycles. The minimum Gasteiger partial charge on any atom is -0.437 e. The molecule has 0 unspecified atom stereocenters. The molecule has 4 heteroatoms. The molecule has 3 aromatic heterocycles. The van der Waals surface area contributed by atoms with Crippen LogP contribution < -0.4 is 4.57 Å². The van der Waals surface area contributed by atoms with E-state index in [-0.39, 0.29) is 0 Å². The second-order valence-electron chi connectivity index (χ2n) is 5.30. The SMILES string of the molecule is Cc1nc2oc3c(-c4cccc[n+]4C)c(C)ccc3c2o1. The van der Waals surface area contributed by atoms with Crippen molar-refractivity contribution in [3.05, 3.63) is 48.0 Å². The first-order valence-corrected chi connectivity index (χ1v) is 6.89. The van der Waals surface area contributed by atoms with Gasteiger partial charge in [-0.1, -0.05) is 6.07 Å². The second kappa shape index (κ2) is 4.19. The number of aryl methyl sites for hydroxylation is 3. The van der Waals surface area contributed by atoms with Crippen LogP contribution in [0.25, 0.3) is 33.5 Å². The fourth-order valence-corrected chi connectivity index (χ4v) is 2.81. The molecule has 104 valence electrons. The maximum atomic E-state index is 5.98. The number of pyridine rings is 1. The van der Waals surface area contributed by atoms with E-state index in [2.05, 4.69) is 28.6 Å². The van der Waals surface area contributed by atoms with Crippen LogP contribution in [0.15, 0.2) is 45.4 Å². The molecule has 0 fully saturated rings. The van der Waals surface area contributed by atoms with Crippen molar-refractivity contribution in [3.63, 3.8) is 0 Å². The highest BCUT2D eigenvalue weighted by Gasteiger charge is 2.22. The van der Waals surface area contributed by atoms with E-state index >= 15 is 0 Å².